The summed E-state index contributed by atoms with van der Waals surface area (Å²) in [7, 11) is 1.83. The zero-order chi connectivity index (χ0) is 20.5. The van der Waals surface area contributed by atoms with Gasteiger partial charge in [-0.25, -0.2) is 0 Å². The predicted molar refractivity (Wildman–Crippen MR) is 133 cm³/mol. The topological polar surface area (TPSA) is 79.2 Å². The Hall–Kier alpha value is -1.68. The average Bonchev–Trinajstić information content (AvgIpc) is 3.40. The Kier molecular flexibility index (Phi) is 10.0. The highest BCUT2D eigenvalue weighted by atomic mass is 127. The molecule has 1 aliphatic rings. The number of rotatable bonds is 9. The number of aromatic nitrogens is 3. The van der Waals surface area contributed by atoms with Crippen LogP contribution in [0.1, 0.15) is 57.0 Å². The highest BCUT2D eigenvalue weighted by Gasteiger charge is 2.35. The van der Waals surface area contributed by atoms with Gasteiger partial charge in [-0.05, 0) is 25.3 Å². The zero-order valence-corrected chi connectivity index (χ0v) is 20.7. The number of halogens is 1. The molecule has 1 aromatic carbocycles. The third-order valence-corrected chi connectivity index (χ3v) is 5.86. The van der Waals surface area contributed by atoms with Crippen molar-refractivity contribution in [2.24, 2.45) is 4.99 Å². The molecular formula is C22H36IN7. The summed E-state index contributed by atoms with van der Waals surface area (Å²) < 4.78 is 2.09. The van der Waals surface area contributed by atoms with Crippen LogP contribution in [-0.2, 0) is 13.0 Å². The van der Waals surface area contributed by atoms with Crippen molar-refractivity contribution in [3.63, 3.8) is 0 Å². The molecule has 1 aliphatic carbocycles. The maximum absolute atomic E-state index is 4.40. The Morgan fingerprint density at radius 2 is 1.93 bits per heavy atom. The maximum Gasteiger partial charge on any atom is 0.191 e. The SMILES string of the molecule is CCc1nncn1CCNC(=NC)NCC1(NC(C)c2ccccc2)CCCC1.I. The van der Waals surface area contributed by atoms with Crippen molar-refractivity contribution < 1.29 is 0 Å². The predicted octanol–water partition coefficient (Wildman–Crippen LogP) is 3.29. The number of aryl methyl sites for hydroxylation is 1. The summed E-state index contributed by atoms with van der Waals surface area (Å²) in [6.45, 7) is 6.83. The summed E-state index contributed by atoms with van der Waals surface area (Å²) in [6, 6.07) is 11.0. The van der Waals surface area contributed by atoms with Crippen LogP contribution in [-0.4, -0.2) is 46.4 Å². The van der Waals surface area contributed by atoms with Gasteiger partial charge in [-0.1, -0.05) is 50.1 Å². The minimum atomic E-state index is 0. The van der Waals surface area contributed by atoms with Crippen LogP contribution in [0, 0.1) is 0 Å². The molecule has 8 heteroatoms. The molecule has 0 aliphatic heterocycles. The molecule has 0 radical (unpaired) electrons. The van der Waals surface area contributed by atoms with Crippen LogP contribution in [0.3, 0.4) is 0 Å². The second kappa shape index (κ2) is 12.2. The molecule has 3 rings (SSSR count). The van der Waals surface area contributed by atoms with Crippen LogP contribution in [0.5, 0.6) is 0 Å². The molecule has 7 nitrogen and oxygen atoms in total. The summed E-state index contributed by atoms with van der Waals surface area (Å²) in [6.07, 6.45) is 7.61. The van der Waals surface area contributed by atoms with Crippen molar-refractivity contribution in [1.29, 1.82) is 0 Å². The normalized spacial score (nSPS) is 16.7. The Balaban J connectivity index is 0.00000320. The summed E-state index contributed by atoms with van der Waals surface area (Å²) in [5.41, 5.74) is 1.44. The Morgan fingerprint density at radius 3 is 2.60 bits per heavy atom. The van der Waals surface area contributed by atoms with E-state index in [1.165, 1.54) is 31.2 Å². The van der Waals surface area contributed by atoms with Gasteiger partial charge in [-0.15, -0.1) is 34.2 Å². The number of nitrogens with one attached hydrogen (secondary N) is 3. The minimum Gasteiger partial charge on any atom is -0.355 e. The van der Waals surface area contributed by atoms with Gasteiger partial charge in [0, 0.05) is 44.7 Å². The van der Waals surface area contributed by atoms with Crippen molar-refractivity contribution >= 4 is 29.9 Å². The number of benzene rings is 1. The van der Waals surface area contributed by atoms with Gasteiger partial charge in [0.05, 0.1) is 0 Å². The first-order valence-electron chi connectivity index (χ1n) is 10.8. The van der Waals surface area contributed by atoms with Crippen LogP contribution in [0.4, 0.5) is 0 Å². The summed E-state index contributed by atoms with van der Waals surface area (Å²) >= 11 is 0. The Morgan fingerprint density at radius 1 is 1.20 bits per heavy atom. The van der Waals surface area contributed by atoms with E-state index in [2.05, 4.69) is 79.9 Å². The molecule has 2 aromatic rings. The number of guanidine groups is 1. The van der Waals surface area contributed by atoms with E-state index in [1.54, 1.807) is 6.33 Å². The first-order valence-corrected chi connectivity index (χ1v) is 10.8. The van der Waals surface area contributed by atoms with Gasteiger partial charge in [-0.2, -0.15) is 0 Å². The molecule has 1 fully saturated rings. The molecule has 0 amide bonds. The molecule has 0 saturated heterocycles. The lowest BCUT2D eigenvalue weighted by atomic mass is 9.94. The smallest absolute Gasteiger partial charge is 0.191 e. The second-order valence-corrected chi connectivity index (χ2v) is 7.91. The van der Waals surface area contributed by atoms with Crippen molar-refractivity contribution in [3.05, 3.63) is 48.0 Å². The summed E-state index contributed by atoms with van der Waals surface area (Å²) in [5.74, 6) is 1.86. The number of aliphatic imine (C=N–C) groups is 1. The first-order chi connectivity index (χ1) is 14.2. The fraction of sp³-hybridized carbons (Fsp3) is 0.591. The molecule has 1 heterocycles. The lowest BCUT2D eigenvalue weighted by Crippen LogP contribution is -2.54. The van der Waals surface area contributed by atoms with E-state index >= 15 is 0 Å². The van der Waals surface area contributed by atoms with Crippen LogP contribution in [0.15, 0.2) is 41.7 Å². The number of hydrogen-bond donors (Lipinski definition) is 3. The third-order valence-electron chi connectivity index (χ3n) is 5.86. The highest BCUT2D eigenvalue weighted by Crippen LogP contribution is 2.31. The Bertz CT molecular complexity index is 769. The second-order valence-electron chi connectivity index (χ2n) is 7.91. The van der Waals surface area contributed by atoms with Gasteiger partial charge in [0.15, 0.2) is 5.96 Å². The van der Waals surface area contributed by atoms with Crippen molar-refractivity contribution in [1.82, 2.24) is 30.7 Å². The van der Waals surface area contributed by atoms with Gasteiger partial charge >= 0.3 is 0 Å². The van der Waals surface area contributed by atoms with Crippen molar-refractivity contribution in [3.8, 4) is 0 Å². The molecule has 1 atom stereocenters. The number of hydrogen-bond acceptors (Lipinski definition) is 4. The van der Waals surface area contributed by atoms with Gasteiger partial charge in [0.1, 0.15) is 12.2 Å². The lowest BCUT2D eigenvalue weighted by molar-refractivity contribution is 0.297. The minimum absolute atomic E-state index is 0. The van der Waals surface area contributed by atoms with E-state index in [0.717, 1.165) is 37.8 Å². The largest absolute Gasteiger partial charge is 0.355 e. The average molecular weight is 525 g/mol. The maximum atomic E-state index is 4.40. The fourth-order valence-corrected chi connectivity index (χ4v) is 4.22. The van der Waals surface area contributed by atoms with Crippen molar-refractivity contribution in [2.45, 2.75) is 64.1 Å². The van der Waals surface area contributed by atoms with Gasteiger partial charge in [0.25, 0.3) is 0 Å². The lowest BCUT2D eigenvalue weighted by Gasteiger charge is -2.35. The fourth-order valence-electron chi connectivity index (χ4n) is 4.22. The van der Waals surface area contributed by atoms with E-state index in [0.29, 0.717) is 6.04 Å². The van der Waals surface area contributed by atoms with Crippen LogP contribution >= 0.6 is 24.0 Å². The highest BCUT2D eigenvalue weighted by molar-refractivity contribution is 14.0. The molecule has 1 unspecified atom stereocenters. The van der Waals surface area contributed by atoms with E-state index in [1.807, 2.05) is 7.05 Å². The quantitative estimate of drug-likeness (QED) is 0.266. The molecule has 1 aromatic heterocycles. The number of nitrogens with zero attached hydrogens (tertiary/aromatic N) is 4. The molecule has 3 N–H and O–H groups in total. The van der Waals surface area contributed by atoms with Crippen molar-refractivity contribution in [2.75, 3.05) is 20.1 Å². The molecule has 0 bridgehead atoms. The van der Waals surface area contributed by atoms with E-state index in [-0.39, 0.29) is 29.5 Å². The molecule has 30 heavy (non-hydrogen) atoms. The van der Waals surface area contributed by atoms with E-state index in [4.69, 9.17) is 0 Å². The molecule has 0 spiro atoms. The van der Waals surface area contributed by atoms with Crippen LogP contribution in [0.25, 0.3) is 0 Å². The zero-order valence-electron chi connectivity index (χ0n) is 18.4. The van der Waals surface area contributed by atoms with Gasteiger partial charge in [0.2, 0.25) is 0 Å². The van der Waals surface area contributed by atoms with Gasteiger partial charge < -0.3 is 20.5 Å². The third kappa shape index (κ3) is 6.66. The summed E-state index contributed by atoms with van der Waals surface area (Å²) in [4.78, 5) is 4.40. The van der Waals surface area contributed by atoms with Gasteiger partial charge in [-0.3, -0.25) is 4.99 Å². The standard InChI is InChI=1S/C22H35N7.HI/c1-4-20-28-26-17-29(20)15-14-24-21(23-3)25-16-22(12-8-9-13-22)27-18(2)19-10-6-5-7-11-19;/h5-7,10-11,17-18,27H,4,8-9,12-16H2,1-3H3,(H2,23,24,25);1H. The van der Waals surface area contributed by atoms with E-state index < -0.39 is 0 Å². The van der Waals surface area contributed by atoms with E-state index in [9.17, 15) is 0 Å². The summed E-state index contributed by atoms with van der Waals surface area (Å²) in [5, 5.41) is 19.0. The van der Waals surface area contributed by atoms with Crippen LogP contribution < -0.4 is 16.0 Å². The van der Waals surface area contributed by atoms with Crippen LogP contribution in [0.2, 0.25) is 0 Å². The molecular weight excluding hydrogens is 489 g/mol. The molecule has 1 saturated carbocycles. The molecule has 166 valence electrons. The Labute approximate surface area is 197 Å². The first kappa shape index (κ1) is 24.6. The monoisotopic (exact) mass is 525 g/mol.